The normalized spacial score (nSPS) is 12.5. The molecule has 0 aromatic carbocycles. The lowest BCUT2D eigenvalue weighted by molar-refractivity contribution is -0.389. The van der Waals surface area contributed by atoms with Crippen molar-refractivity contribution in [3.05, 3.63) is 34.0 Å². The van der Waals surface area contributed by atoms with Crippen LogP contribution in [0.4, 0.5) is 5.82 Å². The highest BCUT2D eigenvalue weighted by atomic mass is 16.6. The minimum absolute atomic E-state index is 0.207. The molecule has 0 amide bonds. The van der Waals surface area contributed by atoms with E-state index in [1.54, 1.807) is 6.07 Å². The molecule has 0 spiro atoms. The monoisotopic (exact) mass is 182 g/mol. The first-order chi connectivity index (χ1) is 6.15. The molecule has 13 heavy (non-hydrogen) atoms. The molecule has 6 heteroatoms. The van der Waals surface area contributed by atoms with Crippen LogP contribution in [0.1, 0.15) is 11.7 Å². The quantitative estimate of drug-likeness (QED) is 0.503. The van der Waals surface area contributed by atoms with E-state index in [0.717, 1.165) is 0 Å². The van der Waals surface area contributed by atoms with Gasteiger partial charge in [0.25, 0.3) is 0 Å². The molecule has 0 fully saturated rings. The summed E-state index contributed by atoms with van der Waals surface area (Å²) < 4.78 is 0. The van der Waals surface area contributed by atoms with Crippen LogP contribution in [0.15, 0.2) is 18.2 Å². The number of pyridine rings is 1. The van der Waals surface area contributed by atoms with Crippen LogP contribution in [-0.2, 0) is 0 Å². The van der Waals surface area contributed by atoms with E-state index in [1.165, 1.54) is 12.1 Å². The molecule has 0 aliphatic heterocycles. The second-order valence-corrected chi connectivity index (χ2v) is 2.52. The predicted octanol–water partition coefficient (Wildman–Crippen LogP) is -0.0517. The predicted molar refractivity (Wildman–Crippen MR) is 46.9 cm³/mol. The van der Waals surface area contributed by atoms with E-state index < -0.39 is 11.0 Å². The van der Waals surface area contributed by atoms with Gasteiger partial charge in [-0.1, -0.05) is 0 Å². The van der Waals surface area contributed by atoms with Crippen molar-refractivity contribution in [2.75, 3.05) is 6.54 Å². The summed E-state index contributed by atoms with van der Waals surface area (Å²) >= 11 is 0. The van der Waals surface area contributed by atoms with Gasteiger partial charge in [0.15, 0.2) is 5.69 Å². The van der Waals surface area contributed by atoms with Gasteiger partial charge in [0, 0.05) is 12.6 Å². The Morgan fingerprint density at radius 3 is 2.85 bits per heavy atom. The fraction of sp³-hybridized carbons (Fsp3) is 0.286. The standard InChI is InChI=1S/C7H10N4O2/c8-4-5(9)6-2-1-3-7(10-6)11(12)13/h1-3,5H,4,8-9H2. The summed E-state index contributed by atoms with van der Waals surface area (Å²) in [5.41, 5.74) is 11.3. The van der Waals surface area contributed by atoms with E-state index in [9.17, 15) is 10.1 Å². The Bertz CT molecular complexity index is 315. The van der Waals surface area contributed by atoms with E-state index in [-0.39, 0.29) is 12.4 Å². The largest absolute Gasteiger partial charge is 0.363 e. The maximum absolute atomic E-state index is 10.3. The summed E-state index contributed by atoms with van der Waals surface area (Å²) in [5.74, 6) is -0.207. The third-order valence-electron chi connectivity index (χ3n) is 1.58. The van der Waals surface area contributed by atoms with Crippen molar-refractivity contribution >= 4 is 5.82 Å². The number of nitrogens with two attached hydrogens (primary N) is 2. The lowest BCUT2D eigenvalue weighted by Crippen LogP contribution is -2.21. The molecule has 4 N–H and O–H groups in total. The minimum Gasteiger partial charge on any atom is -0.358 e. The molecular formula is C7H10N4O2. The molecule has 70 valence electrons. The molecule has 1 atom stereocenters. The Morgan fingerprint density at radius 2 is 2.31 bits per heavy atom. The summed E-state index contributed by atoms with van der Waals surface area (Å²) in [4.78, 5) is 13.5. The van der Waals surface area contributed by atoms with Gasteiger partial charge in [-0.3, -0.25) is 0 Å². The van der Waals surface area contributed by atoms with E-state index in [2.05, 4.69) is 4.98 Å². The zero-order valence-corrected chi connectivity index (χ0v) is 6.88. The SMILES string of the molecule is NCC(N)c1cccc([N+](=O)[O-])n1. The molecule has 0 aliphatic rings. The van der Waals surface area contributed by atoms with Crippen LogP contribution in [-0.4, -0.2) is 16.5 Å². The minimum atomic E-state index is -0.563. The van der Waals surface area contributed by atoms with Crippen molar-refractivity contribution in [1.82, 2.24) is 4.98 Å². The number of hydrogen-bond acceptors (Lipinski definition) is 5. The lowest BCUT2D eigenvalue weighted by atomic mass is 10.2. The summed E-state index contributed by atoms with van der Waals surface area (Å²) in [7, 11) is 0. The van der Waals surface area contributed by atoms with Crippen LogP contribution in [0, 0.1) is 10.1 Å². The average Bonchev–Trinajstić information content (AvgIpc) is 2.17. The number of aromatic nitrogens is 1. The van der Waals surface area contributed by atoms with Crippen LogP contribution in [0.3, 0.4) is 0 Å². The second kappa shape index (κ2) is 3.92. The highest BCUT2D eigenvalue weighted by Crippen LogP contribution is 2.11. The smallest absolute Gasteiger partial charge is 0.358 e. The number of rotatable bonds is 3. The van der Waals surface area contributed by atoms with Gasteiger partial charge in [-0.25, -0.2) is 0 Å². The van der Waals surface area contributed by atoms with Gasteiger partial charge < -0.3 is 21.6 Å². The van der Waals surface area contributed by atoms with Gasteiger partial charge >= 0.3 is 5.82 Å². The molecule has 0 saturated carbocycles. The van der Waals surface area contributed by atoms with Gasteiger partial charge in [0.1, 0.15) is 0 Å². The van der Waals surface area contributed by atoms with Gasteiger partial charge in [0.2, 0.25) is 0 Å². The Balaban J connectivity index is 2.98. The topological polar surface area (TPSA) is 108 Å². The highest BCUT2D eigenvalue weighted by molar-refractivity contribution is 5.23. The first-order valence-corrected chi connectivity index (χ1v) is 3.72. The molecule has 6 nitrogen and oxygen atoms in total. The van der Waals surface area contributed by atoms with Crippen molar-refractivity contribution in [2.24, 2.45) is 11.5 Å². The molecule has 0 radical (unpaired) electrons. The summed E-state index contributed by atoms with van der Waals surface area (Å²) in [5, 5.41) is 10.3. The maximum Gasteiger partial charge on any atom is 0.363 e. The van der Waals surface area contributed by atoms with Crippen molar-refractivity contribution in [1.29, 1.82) is 0 Å². The van der Waals surface area contributed by atoms with Crippen molar-refractivity contribution in [2.45, 2.75) is 6.04 Å². The van der Waals surface area contributed by atoms with Crippen molar-refractivity contribution < 1.29 is 4.92 Å². The third-order valence-corrected chi connectivity index (χ3v) is 1.58. The highest BCUT2D eigenvalue weighted by Gasteiger charge is 2.14. The Morgan fingerprint density at radius 1 is 1.62 bits per heavy atom. The van der Waals surface area contributed by atoms with Crippen molar-refractivity contribution in [3.63, 3.8) is 0 Å². The molecule has 0 aliphatic carbocycles. The summed E-state index contributed by atoms with van der Waals surface area (Å²) in [6, 6.07) is 4.02. The maximum atomic E-state index is 10.3. The lowest BCUT2D eigenvalue weighted by Gasteiger charge is -2.02. The molecular weight excluding hydrogens is 172 g/mol. The molecule has 1 aromatic heterocycles. The third kappa shape index (κ3) is 2.20. The molecule has 1 heterocycles. The van der Waals surface area contributed by atoms with Crippen LogP contribution in [0.2, 0.25) is 0 Å². The van der Waals surface area contributed by atoms with Gasteiger partial charge in [-0.15, -0.1) is 0 Å². The number of nitrogens with zero attached hydrogens (tertiary/aromatic N) is 2. The van der Waals surface area contributed by atoms with Gasteiger partial charge in [0.05, 0.1) is 6.04 Å². The Hall–Kier alpha value is -1.53. The Kier molecular flexibility index (Phi) is 2.88. The second-order valence-electron chi connectivity index (χ2n) is 2.52. The zero-order chi connectivity index (χ0) is 9.84. The molecule has 1 unspecified atom stereocenters. The molecule has 1 rings (SSSR count). The van der Waals surface area contributed by atoms with E-state index in [1.807, 2.05) is 0 Å². The molecule has 0 saturated heterocycles. The van der Waals surface area contributed by atoms with Crippen LogP contribution < -0.4 is 11.5 Å². The van der Waals surface area contributed by atoms with Crippen molar-refractivity contribution in [3.8, 4) is 0 Å². The summed E-state index contributed by atoms with van der Waals surface area (Å²) in [6.07, 6.45) is 0. The van der Waals surface area contributed by atoms with E-state index in [0.29, 0.717) is 5.69 Å². The van der Waals surface area contributed by atoms with Crippen LogP contribution in [0.25, 0.3) is 0 Å². The first-order valence-electron chi connectivity index (χ1n) is 3.72. The molecule has 1 aromatic rings. The zero-order valence-electron chi connectivity index (χ0n) is 6.88. The van der Waals surface area contributed by atoms with E-state index in [4.69, 9.17) is 11.5 Å². The summed E-state index contributed by atoms with van der Waals surface area (Å²) in [6.45, 7) is 0.216. The first kappa shape index (κ1) is 9.56. The van der Waals surface area contributed by atoms with Gasteiger partial charge in [-0.2, -0.15) is 0 Å². The fourth-order valence-electron chi connectivity index (χ4n) is 0.869. The fourth-order valence-corrected chi connectivity index (χ4v) is 0.869. The molecule has 0 bridgehead atoms. The van der Waals surface area contributed by atoms with E-state index >= 15 is 0 Å². The van der Waals surface area contributed by atoms with Gasteiger partial charge in [-0.05, 0) is 22.0 Å². The van der Waals surface area contributed by atoms with Crippen LogP contribution in [0.5, 0.6) is 0 Å². The Labute approximate surface area is 74.7 Å². The number of nitro groups is 1. The average molecular weight is 182 g/mol. The van der Waals surface area contributed by atoms with Crippen LogP contribution >= 0.6 is 0 Å². The number of hydrogen-bond donors (Lipinski definition) is 2.